The van der Waals surface area contributed by atoms with Crippen molar-refractivity contribution in [2.75, 3.05) is 0 Å². The lowest BCUT2D eigenvalue weighted by Gasteiger charge is -2.03. The number of halogens is 1. The number of hydrogen-bond donors (Lipinski definition) is 1. The van der Waals surface area contributed by atoms with Gasteiger partial charge in [-0.2, -0.15) is 4.98 Å². The monoisotopic (exact) mass is 294 g/mol. The molecule has 4 nitrogen and oxygen atoms in total. The first kappa shape index (κ1) is 12.6. The van der Waals surface area contributed by atoms with Crippen molar-refractivity contribution in [1.29, 1.82) is 0 Å². The molecule has 19 heavy (non-hydrogen) atoms. The average Bonchev–Trinajstić information content (AvgIpc) is 3.04. The van der Waals surface area contributed by atoms with Gasteiger partial charge < -0.3 is 9.63 Å². The number of fused-ring (bicyclic) bond motifs is 1. The Bertz CT molecular complexity index is 662. The van der Waals surface area contributed by atoms with Gasteiger partial charge in [0, 0.05) is 16.0 Å². The summed E-state index contributed by atoms with van der Waals surface area (Å²) < 4.78 is 6.07. The predicted molar refractivity (Wildman–Crippen MR) is 74.3 cm³/mol. The second kappa shape index (κ2) is 5.28. The van der Waals surface area contributed by atoms with Crippen molar-refractivity contribution < 1.29 is 9.63 Å². The Morgan fingerprint density at radius 2 is 2.21 bits per heavy atom. The Morgan fingerprint density at radius 3 is 2.95 bits per heavy atom. The van der Waals surface area contributed by atoms with Gasteiger partial charge in [0.2, 0.25) is 5.89 Å². The van der Waals surface area contributed by atoms with Crippen molar-refractivity contribution in [3.05, 3.63) is 46.9 Å². The number of aliphatic hydroxyl groups is 1. The van der Waals surface area contributed by atoms with E-state index >= 15 is 0 Å². The van der Waals surface area contributed by atoms with Gasteiger partial charge in [0.15, 0.2) is 5.82 Å². The summed E-state index contributed by atoms with van der Waals surface area (Å²) in [5.41, 5.74) is 0. The highest BCUT2D eigenvalue weighted by atomic mass is 35.5. The average molecular weight is 295 g/mol. The van der Waals surface area contributed by atoms with Crippen molar-refractivity contribution >= 4 is 33.0 Å². The van der Waals surface area contributed by atoms with Crippen LogP contribution in [0.15, 0.2) is 34.9 Å². The molecule has 0 spiro atoms. The van der Waals surface area contributed by atoms with Crippen LogP contribution in [0.25, 0.3) is 10.1 Å². The van der Waals surface area contributed by atoms with Gasteiger partial charge in [-0.3, -0.25) is 0 Å². The first-order chi connectivity index (χ1) is 9.26. The third-order valence-corrected chi connectivity index (χ3v) is 4.22. The van der Waals surface area contributed by atoms with E-state index in [0.717, 1.165) is 15.0 Å². The van der Waals surface area contributed by atoms with Gasteiger partial charge in [-0.1, -0.05) is 23.4 Å². The Hall–Kier alpha value is -1.43. The maximum absolute atomic E-state index is 10.2. The van der Waals surface area contributed by atoms with Gasteiger partial charge in [0.05, 0.1) is 6.10 Å². The molecular formula is C13H11ClN2O2S. The number of benzene rings is 1. The minimum Gasteiger partial charge on any atom is -0.387 e. The molecule has 0 fully saturated rings. The topological polar surface area (TPSA) is 59.2 Å². The number of hydrogen-bond acceptors (Lipinski definition) is 5. The smallest absolute Gasteiger partial charge is 0.241 e. The van der Waals surface area contributed by atoms with Crippen molar-refractivity contribution in [1.82, 2.24) is 10.1 Å². The molecule has 3 rings (SSSR count). The van der Waals surface area contributed by atoms with Gasteiger partial charge in [-0.15, -0.1) is 22.9 Å². The molecule has 3 aromatic rings. The minimum atomic E-state index is -0.627. The molecule has 2 heterocycles. The zero-order valence-electron chi connectivity index (χ0n) is 9.91. The molecule has 0 unspecified atom stereocenters. The molecule has 1 aromatic carbocycles. The summed E-state index contributed by atoms with van der Waals surface area (Å²) in [6, 6.07) is 10.0. The molecule has 0 amide bonds. The standard InChI is InChI=1S/C13H11ClN2O2S/c14-7-13-15-12(16-18-13)6-9(17)11-5-8-3-1-2-4-10(8)19-11/h1-5,9,17H,6-7H2/t9-/m0/s1. The molecule has 1 atom stereocenters. The van der Waals surface area contributed by atoms with E-state index in [1.807, 2.05) is 30.3 Å². The number of alkyl halides is 1. The summed E-state index contributed by atoms with van der Waals surface area (Å²) >= 11 is 7.17. The van der Waals surface area contributed by atoms with Crippen LogP contribution in [0.3, 0.4) is 0 Å². The van der Waals surface area contributed by atoms with Crippen molar-refractivity contribution in [2.24, 2.45) is 0 Å². The summed E-state index contributed by atoms with van der Waals surface area (Å²) in [6.45, 7) is 0. The molecule has 0 bridgehead atoms. The van der Waals surface area contributed by atoms with Gasteiger partial charge in [0.25, 0.3) is 0 Å². The predicted octanol–water partition coefficient (Wildman–Crippen LogP) is 3.30. The normalized spacial score (nSPS) is 12.9. The number of rotatable bonds is 4. The number of aliphatic hydroxyl groups excluding tert-OH is 1. The van der Waals surface area contributed by atoms with E-state index in [9.17, 15) is 5.11 Å². The van der Waals surface area contributed by atoms with Crippen LogP contribution < -0.4 is 0 Å². The lowest BCUT2D eigenvalue weighted by atomic mass is 10.2. The zero-order chi connectivity index (χ0) is 13.2. The quantitative estimate of drug-likeness (QED) is 0.750. The maximum Gasteiger partial charge on any atom is 0.241 e. The molecule has 2 aromatic heterocycles. The Kier molecular flexibility index (Phi) is 3.50. The highest BCUT2D eigenvalue weighted by Crippen LogP contribution is 2.30. The van der Waals surface area contributed by atoms with Crippen LogP contribution in [0.4, 0.5) is 0 Å². The van der Waals surface area contributed by atoms with Crippen LogP contribution in [0.2, 0.25) is 0 Å². The van der Waals surface area contributed by atoms with Crippen molar-refractivity contribution in [2.45, 2.75) is 18.4 Å². The van der Waals surface area contributed by atoms with Crippen molar-refractivity contribution in [3.8, 4) is 0 Å². The Labute approximate surface area is 118 Å². The molecule has 0 saturated carbocycles. The minimum absolute atomic E-state index is 0.186. The molecule has 0 aliphatic rings. The molecule has 98 valence electrons. The first-order valence-corrected chi connectivity index (χ1v) is 7.15. The Morgan fingerprint density at radius 1 is 1.37 bits per heavy atom. The van der Waals surface area contributed by atoms with Gasteiger partial charge in [-0.05, 0) is 17.5 Å². The molecule has 0 saturated heterocycles. The van der Waals surface area contributed by atoms with E-state index in [0.29, 0.717) is 18.1 Å². The summed E-state index contributed by atoms with van der Waals surface area (Å²) in [4.78, 5) is 4.98. The van der Waals surface area contributed by atoms with E-state index in [4.69, 9.17) is 16.1 Å². The highest BCUT2D eigenvalue weighted by molar-refractivity contribution is 7.19. The van der Waals surface area contributed by atoms with Gasteiger partial charge in [-0.25, -0.2) is 0 Å². The van der Waals surface area contributed by atoms with E-state index in [1.165, 1.54) is 0 Å². The maximum atomic E-state index is 10.2. The highest BCUT2D eigenvalue weighted by Gasteiger charge is 2.15. The van der Waals surface area contributed by atoms with Gasteiger partial charge in [0.1, 0.15) is 5.88 Å². The largest absolute Gasteiger partial charge is 0.387 e. The second-order valence-electron chi connectivity index (χ2n) is 4.14. The number of nitrogens with zero attached hydrogens (tertiary/aromatic N) is 2. The van der Waals surface area contributed by atoms with Crippen LogP contribution in [-0.2, 0) is 12.3 Å². The van der Waals surface area contributed by atoms with Crippen LogP contribution in [0, 0.1) is 0 Å². The Balaban J connectivity index is 1.81. The lowest BCUT2D eigenvalue weighted by molar-refractivity contribution is 0.178. The van der Waals surface area contributed by atoms with Crippen molar-refractivity contribution in [3.63, 3.8) is 0 Å². The van der Waals surface area contributed by atoms with Crippen LogP contribution in [0.5, 0.6) is 0 Å². The SMILES string of the molecule is O[C@@H](Cc1noc(CCl)n1)c1cc2ccccc2s1. The lowest BCUT2D eigenvalue weighted by Crippen LogP contribution is -2.01. The first-order valence-electron chi connectivity index (χ1n) is 5.80. The number of thiophene rings is 1. The van der Waals surface area contributed by atoms with E-state index < -0.39 is 6.10 Å². The summed E-state index contributed by atoms with van der Waals surface area (Å²) in [5.74, 6) is 1.03. The second-order valence-corrected chi connectivity index (χ2v) is 5.53. The fourth-order valence-corrected chi connectivity index (χ4v) is 3.03. The number of aromatic nitrogens is 2. The van der Waals surface area contributed by atoms with Gasteiger partial charge >= 0.3 is 0 Å². The molecule has 0 aliphatic heterocycles. The molecule has 1 N–H and O–H groups in total. The van der Waals surface area contributed by atoms with Crippen LogP contribution in [0.1, 0.15) is 22.7 Å². The third kappa shape index (κ3) is 2.63. The molecular weight excluding hydrogens is 284 g/mol. The molecule has 6 heteroatoms. The fourth-order valence-electron chi connectivity index (χ4n) is 1.87. The van der Waals surface area contributed by atoms with Crippen LogP contribution >= 0.6 is 22.9 Å². The van der Waals surface area contributed by atoms with E-state index in [2.05, 4.69) is 10.1 Å². The molecule has 0 radical (unpaired) electrons. The van der Waals surface area contributed by atoms with Crippen LogP contribution in [-0.4, -0.2) is 15.2 Å². The third-order valence-electron chi connectivity index (χ3n) is 2.77. The zero-order valence-corrected chi connectivity index (χ0v) is 11.5. The summed E-state index contributed by atoms with van der Waals surface area (Å²) in [7, 11) is 0. The molecule has 0 aliphatic carbocycles. The van der Waals surface area contributed by atoms with E-state index in [1.54, 1.807) is 11.3 Å². The van der Waals surface area contributed by atoms with E-state index in [-0.39, 0.29) is 5.88 Å². The summed E-state index contributed by atoms with van der Waals surface area (Å²) in [6.07, 6.45) is -0.300. The fraction of sp³-hybridized carbons (Fsp3) is 0.231. The summed E-state index contributed by atoms with van der Waals surface area (Å²) in [5, 5.41) is 15.1.